The molecule has 2 aliphatic rings. The fourth-order valence-electron chi connectivity index (χ4n) is 3.13. The molecule has 1 aromatic rings. The van der Waals surface area contributed by atoms with Gasteiger partial charge in [0, 0.05) is 19.3 Å². The number of ether oxygens (including phenoxy) is 2. The largest absolute Gasteiger partial charge is 0.494 e. The molecular weight excluding hydrogens is 305 g/mol. The van der Waals surface area contributed by atoms with Crippen molar-refractivity contribution in [1.82, 2.24) is 0 Å². The molecule has 1 atom stereocenters. The number of benzene rings is 1. The van der Waals surface area contributed by atoms with Crippen LogP contribution in [-0.4, -0.2) is 57.8 Å². The summed E-state index contributed by atoms with van der Waals surface area (Å²) in [4.78, 5) is 2.35. The molecule has 24 heavy (non-hydrogen) atoms. The Labute approximate surface area is 145 Å². The molecule has 1 aromatic carbocycles. The first-order valence-corrected chi connectivity index (χ1v) is 8.63. The predicted octanol–water partition coefficient (Wildman–Crippen LogP) is 1.84. The van der Waals surface area contributed by atoms with E-state index in [-0.39, 0.29) is 24.4 Å². The molecule has 2 fully saturated rings. The lowest BCUT2D eigenvalue weighted by atomic mass is 9.79. The summed E-state index contributed by atoms with van der Waals surface area (Å²) in [6.07, 6.45) is 0. The van der Waals surface area contributed by atoms with Gasteiger partial charge in [0.1, 0.15) is 0 Å². The van der Waals surface area contributed by atoms with Crippen molar-refractivity contribution in [1.29, 1.82) is 0 Å². The third kappa shape index (κ3) is 3.33. The number of morpholine rings is 1. The Hall–Kier alpha value is -1.08. The molecule has 2 aliphatic heterocycles. The van der Waals surface area contributed by atoms with Gasteiger partial charge in [-0.2, -0.15) is 0 Å². The van der Waals surface area contributed by atoms with Crippen LogP contribution < -0.4 is 10.4 Å². The van der Waals surface area contributed by atoms with Crippen molar-refractivity contribution >= 4 is 18.3 Å². The first-order valence-electron chi connectivity index (χ1n) is 8.63. The minimum Gasteiger partial charge on any atom is -0.399 e. The second kappa shape index (κ2) is 6.67. The van der Waals surface area contributed by atoms with Crippen LogP contribution in [0.25, 0.3) is 0 Å². The van der Waals surface area contributed by atoms with Crippen LogP contribution in [0.4, 0.5) is 5.69 Å². The van der Waals surface area contributed by atoms with Crippen LogP contribution in [0.2, 0.25) is 0 Å². The van der Waals surface area contributed by atoms with Crippen LogP contribution in [0.5, 0.6) is 0 Å². The van der Waals surface area contributed by atoms with Crippen molar-refractivity contribution in [3.8, 4) is 0 Å². The third-order valence-electron chi connectivity index (χ3n) is 5.34. The summed E-state index contributed by atoms with van der Waals surface area (Å²) in [5.74, 6) is 0. The fourth-order valence-corrected chi connectivity index (χ4v) is 3.13. The topological polar surface area (TPSA) is 40.2 Å². The molecule has 132 valence electrons. The zero-order chi connectivity index (χ0) is 17.4. The van der Waals surface area contributed by atoms with Gasteiger partial charge in [-0.05, 0) is 45.3 Å². The Bertz CT molecular complexity index is 543. The average Bonchev–Trinajstić information content (AvgIpc) is 2.77. The summed E-state index contributed by atoms with van der Waals surface area (Å²) in [5, 5.41) is 0. The van der Waals surface area contributed by atoms with Crippen LogP contribution in [0.1, 0.15) is 27.7 Å². The van der Waals surface area contributed by atoms with Gasteiger partial charge in [0.25, 0.3) is 0 Å². The molecule has 0 saturated carbocycles. The minimum absolute atomic E-state index is 0.256. The second-order valence-electron chi connectivity index (χ2n) is 7.56. The molecule has 3 rings (SSSR count). The highest BCUT2D eigenvalue weighted by Gasteiger charge is 2.51. The van der Waals surface area contributed by atoms with Crippen molar-refractivity contribution in [3.63, 3.8) is 0 Å². The molecule has 0 aromatic heterocycles. The van der Waals surface area contributed by atoms with E-state index in [9.17, 15) is 0 Å². The number of hydrogen-bond donors (Lipinski definition) is 0. The van der Waals surface area contributed by atoms with Crippen molar-refractivity contribution in [2.24, 2.45) is 0 Å². The first-order chi connectivity index (χ1) is 11.3. The van der Waals surface area contributed by atoms with E-state index >= 15 is 0 Å². The molecule has 0 unspecified atom stereocenters. The van der Waals surface area contributed by atoms with Crippen LogP contribution in [0, 0.1) is 0 Å². The van der Waals surface area contributed by atoms with Gasteiger partial charge in [-0.15, -0.1) is 0 Å². The zero-order valence-corrected chi connectivity index (χ0v) is 15.4. The van der Waals surface area contributed by atoms with Crippen LogP contribution in [0.3, 0.4) is 0 Å². The summed E-state index contributed by atoms with van der Waals surface area (Å²) in [7, 11) is 1.41. The van der Waals surface area contributed by atoms with Crippen LogP contribution >= 0.6 is 0 Å². The van der Waals surface area contributed by atoms with Gasteiger partial charge in [0.15, 0.2) is 0 Å². The van der Waals surface area contributed by atoms with E-state index < -0.39 is 0 Å². The molecule has 0 spiro atoms. The molecular formula is C18H28BNO4. The Morgan fingerprint density at radius 1 is 1.12 bits per heavy atom. The lowest BCUT2D eigenvalue weighted by Gasteiger charge is -2.37. The maximum Gasteiger partial charge on any atom is 0.494 e. The van der Waals surface area contributed by atoms with Crippen molar-refractivity contribution in [2.75, 3.05) is 38.4 Å². The van der Waals surface area contributed by atoms with Crippen LogP contribution in [0.15, 0.2) is 24.3 Å². The van der Waals surface area contributed by atoms with E-state index in [2.05, 4.69) is 56.9 Å². The van der Waals surface area contributed by atoms with Crippen molar-refractivity contribution in [2.45, 2.75) is 44.9 Å². The number of nitrogens with zero attached hydrogens (tertiary/aromatic N) is 1. The summed E-state index contributed by atoms with van der Waals surface area (Å²) in [5.41, 5.74) is 1.60. The number of methoxy groups -OCH3 is 1. The molecule has 0 bridgehead atoms. The zero-order valence-electron chi connectivity index (χ0n) is 15.4. The summed E-state index contributed by atoms with van der Waals surface area (Å²) < 4.78 is 23.1. The molecule has 6 heteroatoms. The smallest absolute Gasteiger partial charge is 0.399 e. The average molecular weight is 333 g/mol. The number of hydrogen-bond acceptors (Lipinski definition) is 5. The van der Waals surface area contributed by atoms with Gasteiger partial charge < -0.3 is 23.7 Å². The summed E-state index contributed by atoms with van der Waals surface area (Å²) >= 11 is 0. The molecule has 5 nitrogen and oxygen atoms in total. The first kappa shape index (κ1) is 17.7. The van der Waals surface area contributed by atoms with E-state index in [0.29, 0.717) is 13.2 Å². The van der Waals surface area contributed by atoms with Crippen molar-refractivity contribution < 1.29 is 18.8 Å². The van der Waals surface area contributed by atoms with Gasteiger partial charge in [-0.25, -0.2) is 0 Å². The van der Waals surface area contributed by atoms with E-state index in [1.807, 2.05) is 0 Å². The second-order valence-corrected chi connectivity index (χ2v) is 7.56. The van der Waals surface area contributed by atoms with Gasteiger partial charge in [-0.3, -0.25) is 0 Å². The summed E-state index contributed by atoms with van der Waals surface area (Å²) in [6, 6.07) is 8.71. The lowest BCUT2D eigenvalue weighted by Crippen LogP contribution is -2.48. The Kier molecular flexibility index (Phi) is 4.93. The number of rotatable bonds is 4. The maximum absolute atomic E-state index is 6.12. The van der Waals surface area contributed by atoms with E-state index in [4.69, 9.17) is 18.8 Å². The summed E-state index contributed by atoms with van der Waals surface area (Å²) in [6.45, 7) is 11.3. The highest BCUT2D eigenvalue weighted by Crippen LogP contribution is 2.36. The lowest BCUT2D eigenvalue weighted by molar-refractivity contribution is 0.00578. The highest BCUT2D eigenvalue weighted by atomic mass is 16.7. The standard InChI is InChI=1S/C18H28BNO4/c1-17(2)18(3,4)24-19(23-17)14-6-8-15(9-7-14)20-10-11-22-13-16(20)12-21-5/h6-9,16H,10-13H2,1-5H3/t16-/m1/s1. The predicted molar refractivity (Wildman–Crippen MR) is 96.0 cm³/mol. The molecule has 2 saturated heterocycles. The maximum atomic E-state index is 6.12. The molecule has 2 heterocycles. The van der Waals surface area contributed by atoms with Crippen molar-refractivity contribution in [3.05, 3.63) is 24.3 Å². The Morgan fingerprint density at radius 2 is 1.75 bits per heavy atom. The SMILES string of the molecule is COC[C@@H]1COCCN1c1ccc(B2OC(C)(C)C(C)(C)O2)cc1. The van der Waals surface area contributed by atoms with Gasteiger partial charge in [0.2, 0.25) is 0 Å². The van der Waals surface area contributed by atoms with E-state index in [1.54, 1.807) is 7.11 Å². The third-order valence-corrected chi connectivity index (χ3v) is 5.34. The number of anilines is 1. The minimum atomic E-state index is -0.316. The quantitative estimate of drug-likeness (QED) is 0.787. The normalized spacial score (nSPS) is 26.0. The van der Waals surface area contributed by atoms with Crippen LogP contribution in [-0.2, 0) is 18.8 Å². The molecule has 0 N–H and O–H groups in total. The van der Waals surface area contributed by atoms with Gasteiger partial charge >= 0.3 is 7.12 Å². The van der Waals surface area contributed by atoms with E-state index in [0.717, 1.165) is 18.6 Å². The fraction of sp³-hybridized carbons (Fsp3) is 0.667. The molecule has 0 amide bonds. The highest BCUT2D eigenvalue weighted by molar-refractivity contribution is 6.62. The molecule has 0 aliphatic carbocycles. The van der Waals surface area contributed by atoms with Gasteiger partial charge in [-0.1, -0.05) is 12.1 Å². The monoisotopic (exact) mass is 333 g/mol. The Morgan fingerprint density at radius 3 is 2.33 bits per heavy atom. The van der Waals surface area contributed by atoms with E-state index in [1.165, 1.54) is 5.69 Å². The molecule has 0 radical (unpaired) electrons. The Balaban J connectivity index is 1.74. The van der Waals surface area contributed by atoms with Gasteiger partial charge in [0.05, 0.1) is 37.1 Å².